The van der Waals surface area contributed by atoms with Crippen molar-refractivity contribution < 1.29 is 28.2 Å². The van der Waals surface area contributed by atoms with E-state index in [-0.39, 0.29) is 34.6 Å². The number of rotatable bonds is 10. The van der Waals surface area contributed by atoms with Gasteiger partial charge in [0.25, 0.3) is 11.8 Å². The predicted octanol–water partition coefficient (Wildman–Crippen LogP) is 3.05. The molecule has 2 heterocycles. The van der Waals surface area contributed by atoms with Crippen LogP contribution in [-0.4, -0.2) is 48.0 Å². The van der Waals surface area contributed by atoms with Gasteiger partial charge < -0.3 is 26.3 Å². The van der Waals surface area contributed by atoms with Gasteiger partial charge in [-0.05, 0) is 73.3 Å². The molecule has 10 nitrogen and oxygen atoms in total. The van der Waals surface area contributed by atoms with Crippen LogP contribution in [0.5, 0.6) is 5.75 Å². The number of nitrogen functional groups attached to an aromatic ring is 1. The van der Waals surface area contributed by atoms with Crippen LogP contribution in [0.2, 0.25) is 0 Å². The first-order valence-electron chi connectivity index (χ1n) is 12.1. The van der Waals surface area contributed by atoms with Crippen molar-refractivity contribution in [1.82, 2.24) is 9.69 Å². The number of nitrogens with zero attached hydrogens (tertiary/aromatic N) is 2. The van der Waals surface area contributed by atoms with Crippen molar-refractivity contribution in [3.05, 3.63) is 70.5 Å². The normalized spacial score (nSPS) is 15.6. The average Bonchev–Trinajstić information content (AvgIpc) is 3.57. The summed E-state index contributed by atoms with van der Waals surface area (Å²) in [5.74, 6) is -2.00. The molecule has 200 valence electrons. The second-order valence-corrected chi connectivity index (χ2v) is 9.35. The molecule has 3 amide bonds. The number of benzene rings is 2. The maximum atomic E-state index is 14.0. The molecule has 0 radical (unpaired) electrons. The fourth-order valence-corrected chi connectivity index (χ4v) is 4.91. The molecular formula is C26H28FN5O5S. The molecule has 4 rings (SSSR count). The third-order valence-electron chi connectivity index (χ3n) is 6.02. The van der Waals surface area contributed by atoms with Crippen LogP contribution < -0.4 is 26.4 Å². The lowest BCUT2D eigenvalue weighted by Crippen LogP contribution is -2.45. The van der Waals surface area contributed by atoms with Crippen LogP contribution in [0.15, 0.2) is 48.5 Å². The molecule has 0 unspecified atom stereocenters. The van der Waals surface area contributed by atoms with Gasteiger partial charge in [-0.15, -0.1) is 0 Å². The van der Waals surface area contributed by atoms with Crippen LogP contribution in [0.25, 0.3) is 0 Å². The third-order valence-corrected chi connectivity index (χ3v) is 6.87. The number of aromatic nitrogens is 1. The second kappa shape index (κ2) is 12.0. The molecule has 2 aromatic carbocycles. The summed E-state index contributed by atoms with van der Waals surface area (Å²) in [6.07, 6.45) is 1.57. The van der Waals surface area contributed by atoms with E-state index in [9.17, 15) is 18.8 Å². The number of nitrogens with two attached hydrogens (primary N) is 2. The zero-order chi connectivity index (χ0) is 27.2. The Hall–Kier alpha value is -4.03. The molecule has 1 aliphatic rings. The molecular weight excluding hydrogens is 513 g/mol. The number of carbonyl (C=O) groups excluding carboxylic acids is 3. The highest BCUT2D eigenvalue weighted by Gasteiger charge is 2.36. The van der Waals surface area contributed by atoms with Gasteiger partial charge >= 0.3 is 0 Å². The molecule has 1 aliphatic heterocycles. The monoisotopic (exact) mass is 541 g/mol. The molecule has 1 fully saturated rings. The van der Waals surface area contributed by atoms with Gasteiger partial charge in [-0.2, -0.15) is 4.37 Å². The molecule has 1 aromatic heterocycles. The molecule has 5 N–H and O–H groups in total. The molecule has 0 aliphatic carbocycles. The SMILES string of the molecule is CCOc1ccc([C@@H](C(=O)NC[C@@H]2CCCO2)N(C(=O)c2snc(C(N)=O)c2N)c2ccc(F)cc2)cc1. The zero-order valence-electron chi connectivity index (χ0n) is 20.7. The van der Waals surface area contributed by atoms with E-state index in [4.69, 9.17) is 20.9 Å². The van der Waals surface area contributed by atoms with Crippen molar-refractivity contribution in [3.63, 3.8) is 0 Å². The van der Waals surface area contributed by atoms with Gasteiger partial charge in [-0.25, -0.2) is 4.39 Å². The lowest BCUT2D eigenvalue weighted by atomic mass is 10.0. The van der Waals surface area contributed by atoms with E-state index in [1.165, 1.54) is 29.2 Å². The minimum Gasteiger partial charge on any atom is -0.494 e. The van der Waals surface area contributed by atoms with Crippen LogP contribution in [0.1, 0.15) is 51.5 Å². The fraction of sp³-hybridized carbons (Fsp3) is 0.308. The number of ether oxygens (including phenoxy) is 2. The van der Waals surface area contributed by atoms with Crippen molar-refractivity contribution in [2.45, 2.75) is 31.9 Å². The second-order valence-electron chi connectivity index (χ2n) is 8.57. The van der Waals surface area contributed by atoms with Gasteiger partial charge in [-0.1, -0.05) is 12.1 Å². The summed E-state index contributed by atoms with van der Waals surface area (Å²) in [7, 11) is 0. The molecule has 0 saturated carbocycles. The highest BCUT2D eigenvalue weighted by molar-refractivity contribution is 7.09. The van der Waals surface area contributed by atoms with E-state index in [1.54, 1.807) is 24.3 Å². The summed E-state index contributed by atoms with van der Waals surface area (Å²) < 4.78 is 28.9. The number of carbonyl (C=O) groups is 3. The molecule has 0 bridgehead atoms. The van der Waals surface area contributed by atoms with Crippen molar-refractivity contribution >= 4 is 40.6 Å². The highest BCUT2D eigenvalue weighted by Crippen LogP contribution is 2.34. The van der Waals surface area contributed by atoms with Gasteiger partial charge in [0, 0.05) is 18.8 Å². The lowest BCUT2D eigenvalue weighted by Gasteiger charge is -2.31. The summed E-state index contributed by atoms with van der Waals surface area (Å²) in [5.41, 5.74) is 11.7. The minimum absolute atomic E-state index is 0.0778. The van der Waals surface area contributed by atoms with Crippen molar-refractivity contribution in [2.75, 3.05) is 30.4 Å². The summed E-state index contributed by atoms with van der Waals surface area (Å²) in [6, 6.07) is 10.7. The summed E-state index contributed by atoms with van der Waals surface area (Å²) in [4.78, 5) is 40.6. The fourth-order valence-electron chi connectivity index (χ4n) is 4.17. The Kier molecular flexibility index (Phi) is 8.54. The molecule has 3 aromatic rings. The minimum atomic E-state index is -1.19. The Labute approximate surface area is 222 Å². The third kappa shape index (κ3) is 5.92. The predicted molar refractivity (Wildman–Crippen MR) is 141 cm³/mol. The van der Waals surface area contributed by atoms with E-state index < -0.39 is 29.6 Å². The van der Waals surface area contributed by atoms with E-state index in [2.05, 4.69) is 9.69 Å². The Bertz CT molecular complexity index is 1290. The van der Waals surface area contributed by atoms with Crippen molar-refractivity contribution in [1.29, 1.82) is 0 Å². The van der Waals surface area contributed by atoms with Crippen molar-refractivity contribution in [3.8, 4) is 5.75 Å². The number of amides is 3. The summed E-state index contributed by atoms with van der Waals surface area (Å²) in [5, 5.41) is 2.89. The standard InChI is InChI=1S/C26H28FN5O5S/c1-2-36-18-11-5-15(6-12-18)22(25(34)30-14-19-4-3-13-37-19)32(17-9-7-16(27)8-10-17)26(35)23-20(28)21(24(29)33)31-38-23/h5-12,19,22H,2-4,13-14,28H2,1H3,(H2,29,33)(H,30,34)/t19-,22-/m0/s1. The maximum Gasteiger partial charge on any atom is 0.273 e. The smallest absolute Gasteiger partial charge is 0.273 e. The quantitative estimate of drug-likeness (QED) is 0.357. The first kappa shape index (κ1) is 27.0. The number of anilines is 2. The van der Waals surface area contributed by atoms with Gasteiger partial charge in [0.15, 0.2) is 5.69 Å². The van der Waals surface area contributed by atoms with Crippen molar-refractivity contribution in [2.24, 2.45) is 5.73 Å². The summed E-state index contributed by atoms with van der Waals surface area (Å²) >= 11 is 0.693. The number of hydrogen-bond donors (Lipinski definition) is 3. The first-order chi connectivity index (χ1) is 18.3. The average molecular weight is 542 g/mol. The van der Waals surface area contributed by atoms with Crippen LogP contribution in [0.4, 0.5) is 15.8 Å². The van der Waals surface area contributed by atoms with Crippen LogP contribution in [0, 0.1) is 5.82 Å². The number of primary amides is 1. The van der Waals surface area contributed by atoms with E-state index in [0.29, 0.717) is 36.1 Å². The maximum absolute atomic E-state index is 14.0. The molecule has 1 saturated heterocycles. The zero-order valence-corrected chi connectivity index (χ0v) is 21.5. The lowest BCUT2D eigenvalue weighted by molar-refractivity contribution is -0.123. The Balaban J connectivity index is 1.79. The molecule has 2 atom stereocenters. The number of hydrogen-bond acceptors (Lipinski definition) is 8. The van der Waals surface area contributed by atoms with Gasteiger partial charge in [-0.3, -0.25) is 19.3 Å². The molecule has 38 heavy (non-hydrogen) atoms. The first-order valence-corrected chi connectivity index (χ1v) is 12.8. The van der Waals surface area contributed by atoms with E-state index in [0.717, 1.165) is 12.8 Å². The number of nitrogens with one attached hydrogen (secondary N) is 1. The van der Waals surface area contributed by atoms with Gasteiger partial charge in [0.1, 0.15) is 22.5 Å². The highest BCUT2D eigenvalue weighted by atomic mass is 32.1. The van der Waals surface area contributed by atoms with Gasteiger partial charge in [0.05, 0.1) is 18.4 Å². The number of halogens is 1. The van der Waals surface area contributed by atoms with Crippen LogP contribution in [0.3, 0.4) is 0 Å². The topological polar surface area (TPSA) is 150 Å². The molecule has 0 spiro atoms. The Morgan fingerprint density at radius 1 is 1.21 bits per heavy atom. The Morgan fingerprint density at radius 2 is 1.92 bits per heavy atom. The van der Waals surface area contributed by atoms with E-state index >= 15 is 0 Å². The summed E-state index contributed by atoms with van der Waals surface area (Å²) in [6.45, 7) is 3.18. The molecule has 12 heteroatoms. The van der Waals surface area contributed by atoms with Crippen LogP contribution in [-0.2, 0) is 9.53 Å². The Morgan fingerprint density at radius 3 is 2.50 bits per heavy atom. The van der Waals surface area contributed by atoms with E-state index in [1.807, 2.05) is 6.92 Å². The van der Waals surface area contributed by atoms with Gasteiger partial charge in [0.2, 0.25) is 5.91 Å². The largest absolute Gasteiger partial charge is 0.494 e. The van der Waals surface area contributed by atoms with Crippen LogP contribution >= 0.6 is 11.5 Å².